The monoisotopic (exact) mass is 313 g/mol. The lowest BCUT2D eigenvalue weighted by molar-refractivity contribution is 0.186. The predicted molar refractivity (Wildman–Crippen MR) is 70.1 cm³/mol. The van der Waals surface area contributed by atoms with E-state index in [0.29, 0.717) is 5.58 Å². The van der Waals surface area contributed by atoms with E-state index in [0.717, 1.165) is 15.7 Å². The molecule has 0 radical (unpaired) electrons. The molecule has 6 nitrogen and oxygen atoms in total. The Morgan fingerprint density at radius 1 is 1.50 bits per heavy atom. The zero-order valence-electron chi connectivity index (χ0n) is 9.64. The van der Waals surface area contributed by atoms with Gasteiger partial charge in [-0.25, -0.2) is 4.98 Å². The molecule has 96 valence electrons. The number of nitrogens with zero attached hydrogens (tertiary/aromatic N) is 2. The molecule has 3 N–H and O–H groups in total. The highest BCUT2D eigenvalue weighted by Gasteiger charge is 2.10. The number of hydrogen-bond donors (Lipinski definition) is 3. The number of aliphatic hydroxyl groups is 2. The number of aliphatic hydroxyl groups excluding tert-OH is 2. The van der Waals surface area contributed by atoms with Gasteiger partial charge in [-0.2, -0.15) is 5.26 Å². The summed E-state index contributed by atoms with van der Waals surface area (Å²) in [5.41, 5.74) is 0.604. The molecule has 2 aromatic rings. The maximum absolute atomic E-state index is 8.66. The molecule has 2 rings (SSSR count). The zero-order chi connectivity index (χ0) is 13.5. The molecule has 0 aliphatic rings. The number of furan rings is 1. The van der Waals surface area contributed by atoms with E-state index in [4.69, 9.17) is 19.9 Å². The van der Waals surface area contributed by atoms with Crippen LogP contribution in [-0.4, -0.2) is 35.5 Å². The zero-order valence-corrected chi connectivity index (χ0v) is 11.2. The van der Waals surface area contributed by atoms with Crippen LogP contribution in [-0.2, 0) is 0 Å². The minimum absolute atomic E-state index is 0.125. The first kappa shape index (κ1) is 14.4. The van der Waals surface area contributed by atoms with Gasteiger partial charge in [0.25, 0.3) is 0 Å². The van der Waals surface area contributed by atoms with Crippen LogP contribution < -0.4 is 5.32 Å². The van der Waals surface area contributed by atoms with Crippen LogP contribution in [0.3, 0.4) is 0 Å². The highest BCUT2D eigenvalue weighted by atomic mass is 79.9. The third kappa shape index (κ3) is 3.20. The molecular formula is C11H12BrN3O3. The summed E-state index contributed by atoms with van der Waals surface area (Å²) in [7, 11) is 1.78. The Balaban J connectivity index is 0.000000357. The summed E-state index contributed by atoms with van der Waals surface area (Å²) < 4.78 is 6.02. The Morgan fingerprint density at radius 2 is 2.17 bits per heavy atom. The van der Waals surface area contributed by atoms with Gasteiger partial charge < -0.3 is 19.9 Å². The Hall–Kier alpha value is -1.62. The molecule has 0 amide bonds. The van der Waals surface area contributed by atoms with Crippen molar-refractivity contribution in [2.75, 3.05) is 25.6 Å². The molecule has 0 aromatic carbocycles. The number of aromatic nitrogens is 1. The second kappa shape index (κ2) is 6.96. The molecule has 0 atom stereocenters. The van der Waals surface area contributed by atoms with Gasteiger partial charge in [0, 0.05) is 18.5 Å². The van der Waals surface area contributed by atoms with Gasteiger partial charge in [-0.05, 0) is 15.9 Å². The van der Waals surface area contributed by atoms with Crippen LogP contribution in [0.1, 0.15) is 5.76 Å². The first-order valence-corrected chi connectivity index (χ1v) is 5.84. The van der Waals surface area contributed by atoms with Crippen molar-refractivity contribution in [1.82, 2.24) is 4.98 Å². The second-order valence-electron chi connectivity index (χ2n) is 3.12. The minimum atomic E-state index is -0.125. The van der Waals surface area contributed by atoms with Gasteiger partial charge >= 0.3 is 0 Å². The number of halogens is 1. The average molecular weight is 314 g/mol. The standard InChI is InChI=1S/C9H6BrN3O.C2H6O2/c1-12-9-8(10)6-2-5(3-11)14-7(6)4-13-9;3-1-2-4/h2,4H,1H3,(H,12,13);3-4H,1-2H2. The summed E-state index contributed by atoms with van der Waals surface area (Å²) in [6, 6.07) is 3.63. The van der Waals surface area contributed by atoms with E-state index >= 15 is 0 Å². The molecule has 0 saturated heterocycles. The summed E-state index contributed by atoms with van der Waals surface area (Å²) in [6.45, 7) is -0.250. The SMILES string of the molecule is CNc1ncc2oc(C#N)cc2c1Br.OCCO. The molecular weight excluding hydrogens is 302 g/mol. The quantitative estimate of drug-likeness (QED) is 0.776. The maximum Gasteiger partial charge on any atom is 0.204 e. The second-order valence-corrected chi connectivity index (χ2v) is 3.91. The summed E-state index contributed by atoms with van der Waals surface area (Å²) in [5.74, 6) is 1.01. The van der Waals surface area contributed by atoms with Crippen LogP contribution in [0.15, 0.2) is 21.2 Å². The fraction of sp³-hybridized carbons (Fsp3) is 0.273. The summed E-state index contributed by atoms with van der Waals surface area (Å²) in [5, 5.41) is 27.7. The predicted octanol–water partition coefficient (Wildman–Crippen LogP) is 1.47. The van der Waals surface area contributed by atoms with E-state index < -0.39 is 0 Å². The summed E-state index contributed by atoms with van der Waals surface area (Å²) >= 11 is 3.39. The first-order valence-electron chi connectivity index (χ1n) is 5.05. The van der Waals surface area contributed by atoms with Crippen molar-refractivity contribution < 1.29 is 14.6 Å². The lowest BCUT2D eigenvalue weighted by Crippen LogP contribution is -1.92. The number of nitrogens with one attached hydrogen (secondary N) is 1. The number of nitriles is 1. The third-order valence-electron chi connectivity index (χ3n) is 1.96. The van der Waals surface area contributed by atoms with Gasteiger partial charge in [-0.3, -0.25) is 0 Å². The van der Waals surface area contributed by atoms with E-state index in [1.54, 1.807) is 19.3 Å². The topological polar surface area (TPSA) is 102 Å². The smallest absolute Gasteiger partial charge is 0.204 e. The highest BCUT2D eigenvalue weighted by Crippen LogP contribution is 2.31. The summed E-state index contributed by atoms with van der Waals surface area (Å²) in [6.07, 6.45) is 1.59. The van der Waals surface area contributed by atoms with Crippen molar-refractivity contribution in [3.05, 3.63) is 22.5 Å². The number of pyridine rings is 1. The molecule has 2 heterocycles. The lowest BCUT2D eigenvalue weighted by atomic mass is 10.3. The van der Waals surface area contributed by atoms with E-state index in [1.165, 1.54) is 0 Å². The Labute approximate surface area is 112 Å². The molecule has 0 unspecified atom stereocenters. The number of anilines is 1. The molecule has 0 bridgehead atoms. The Kier molecular flexibility index (Phi) is 5.58. The van der Waals surface area contributed by atoms with Crippen molar-refractivity contribution in [2.24, 2.45) is 0 Å². The molecule has 0 spiro atoms. The normalized spacial score (nSPS) is 9.50. The minimum Gasteiger partial charge on any atom is -0.444 e. The van der Waals surface area contributed by atoms with Gasteiger partial charge in [0.1, 0.15) is 11.9 Å². The Bertz CT molecular complexity index is 560. The van der Waals surface area contributed by atoms with Crippen molar-refractivity contribution in [3.8, 4) is 6.07 Å². The van der Waals surface area contributed by atoms with E-state index in [1.807, 2.05) is 6.07 Å². The molecule has 7 heteroatoms. The first-order chi connectivity index (χ1) is 8.67. The number of fused-ring (bicyclic) bond motifs is 1. The third-order valence-corrected chi connectivity index (χ3v) is 2.77. The van der Waals surface area contributed by atoms with Gasteiger partial charge in [0.15, 0.2) is 5.58 Å². The number of hydrogen-bond acceptors (Lipinski definition) is 6. The van der Waals surface area contributed by atoms with Crippen molar-refractivity contribution in [1.29, 1.82) is 5.26 Å². The molecule has 2 aromatic heterocycles. The van der Waals surface area contributed by atoms with Gasteiger partial charge in [-0.15, -0.1) is 0 Å². The Morgan fingerprint density at radius 3 is 2.67 bits per heavy atom. The van der Waals surface area contributed by atoms with Crippen LogP contribution in [0.25, 0.3) is 11.0 Å². The van der Waals surface area contributed by atoms with Crippen LogP contribution in [0.2, 0.25) is 0 Å². The summed E-state index contributed by atoms with van der Waals surface area (Å²) in [4.78, 5) is 4.11. The van der Waals surface area contributed by atoms with E-state index in [9.17, 15) is 0 Å². The molecule has 0 fully saturated rings. The van der Waals surface area contributed by atoms with E-state index in [2.05, 4.69) is 26.2 Å². The highest BCUT2D eigenvalue weighted by molar-refractivity contribution is 9.10. The fourth-order valence-corrected chi connectivity index (χ4v) is 1.82. The van der Waals surface area contributed by atoms with Gasteiger partial charge in [0.05, 0.1) is 23.9 Å². The lowest BCUT2D eigenvalue weighted by Gasteiger charge is -2.01. The van der Waals surface area contributed by atoms with Crippen molar-refractivity contribution in [3.63, 3.8) is 0 Å². The van der Waals surface area contributed by atoms with Crippen LogP contribution in [0.4, 0.5) is 5.82 Å². The van der Waals surface area contributed by atoms with Crippen molar-refractivity contribution >= 4 is 32.7 Å². The molecule has 0 aliphatic carbocycles. The molecule has 0 saturated carbocycles. The van der Waals surface area contributed by atoms with Gasteiger partial charge in [-0.1, -0.05) is 0 Å². The number of rotatable bonds is 2. The maximum atomic E-state index is 8.66. The molecule has 0 aliphatic heterocycles. The molecule has 18 heavy (non-hydrogen) atoms. The van der Waals surface area contributed by atoms with Crippen molar-refractivity contribution in [2.45, 2.75) is 0 Å². The fourth-order valence-electron chi connectivity index (χ4n) is 1.21. The van der Waals surface area contributed by atoms with Gasteiger partial charge in [0.2, 0.25) is 5.76 Å². The van der Waals surface area contributed by atoms with Crippen LogP contribution >= 0.6 is 15.9 Å². The van der Waals surface area contributed by atoms with E-state index in [-0.39, 0.29) is 19.0 Å². The largest absolute Gasteiger partial charge is 0.444 e. The average Bonchev–Trinajstić information content (AvgIpc) is 2.83. The van der Waals surface area contributed by atoms with Crippen LogP contribution in [0, 0.1) is 11.3 Å². The van der Waals surface area contributed by atoms with Crippen LogP contribution in [0.5, 0.6) is 0 Å².